The maximum Gasteiger partial charge on any atom is 0.180 e. The molecule has 2 heterocycles. The molecule has 1 N–H and O–H groups in total. The van der Waals surface area contributed by atoms with Crippen molar-refractivity contribution < 1.29 is 5.11 Å². The lowest BCUT2D eigenvalue weighted by atomic mass is 9.95. The third-order valence-corrected chi connectivity index (χ3v) is 5.04. The molecular weight excluding hydrogens is 348 g/mol. The number of aromatic nitrogens is 2. The molecule has 0 amide bonds. The molecule has 4 aromatic rings. The predicted octanol–water partition coefficient (Wildman–Crippen LogP) is 3.96. The van der Waals surface area contributed by atoms with E-state index in [9.17, 15) is 5.11 Å². The van der Waals surface area contributed by atoms with E-state index in [1.807, 2.05) is 84.9 Å². The maximum atomic E-state index is 11.2. The van der Waals surface area contributed by atoms with Crippen LogP contribution in [-0.4, -0.2) is 27.1 Å². The summed E-state index contributed by atoms with van der Waals surface area (Å²) in [6, 6.07) is 27.2. The van der Waals surface area contributed by atoms with Crippen molar-refractivity contribution in [2.24, 2.45) is 5.10 Å². The first-order valence-corrected chi connectivity index (χ1v) is 9.19. The van der Waals surface area contributed by atoms with Crippen molar-refractivity contribution in [1.29, 1.82) is 0 Å². The Morgan fingerprint density at radius 1 is 0.786 bits per heavy atom. The molecule has 0 saturated carbocycles. The van der Waals surface area contributed by atoms with Gasteiger partial charge in [0.2, 0.25) is 0 Å². The molecule has 0 fully saturated rings. The fraction of sp³-hybridized carbons (Fsp3) is 0.0870. The standard InChI is InChI=1S/C23H18N4O/c28-22-20(16-9-3-1-4-10-16)26-27(21(22)17-11-5-2-6-12-17)23-19-14-8-7-13-18(19)15-24-25-23/h1-15,21-22,28H. The Balaban J connectivity index is 1.70. The van der Waals surface area contributed by atoms with Crippen molar-refractivity contribution in [3.05, 3.63) is 102 Å². The van der Waals surface area contributed by atoms with Crippen LogP contribution in [0.15, 0.2) is 96.2 Å². The van der Waals surface area contributed by atoms with Crippen LogP contribution in [0.25, 0.3) is 10.8 Å². The van der Waals surface area contributed by atoms with Gasteiger partial charge in [-0.15, -0.1) is 5.10 Å². The topological polar surface area (TPSA) is 61.6 Å². The van der Waals surface area contributed by atoms with Gasteiger partial charge in [0.25, 0.3) is 0 Å². The number of benzene rings is 3. The first-order valence-electron chi connectivity index (χ1n) is 9.19. The quantitative estimate of drug-likeness (QED) is 0.596. The molecule has 0 radical (unpaired) electrons. The molecule has 0 bridgehead atoms. The summed E-state index contributed by atoms with van der Waals surface area (Å²) in [5, 5.41) is 28.3. The highest BCUT2D eigenvalue weighted by atomic mass is 16.3. The van der Waals surface area contributed by atoms with Gasteiger partial charge in [-0.25, -0.2) is 5.01 Å². The molecule has 1 aliphatic rings. The Hall–Kier alpha value is -3.57. The number of nitrogens with zero attached hydrogens (tertiary/aromatic N) is 4. The lowest BCUT2D eigenvalue weighted by Crippen LogP contribution is -2.30. The zero-order valence-corrected chi connectivity index (χ0v) is 15.1. The van der Waals surface area contributed by atoms with Gasteiger partial charge in [-0.3, -0.25) is 0 Å². The first kappa shape index (κ1) is 16.6. The van der Waals surface area contributed by atoms with E-state index in [0.717, 1.165) is 21.9 Å². The maximum absolute atomic E-state index is 11.2. The minimum atomic E-state index is -0.787. The second-order valence-corrected chi connectivity index (χ2v) is 6.75. The van der Waals surface area contributed by atoms with Crippen LogP contribution >= 0.6 is 0 Å². The minimum absolute atomic E-state index is 0.378. The van der Waals surface area contributed by atoms with Crippen molar-refractivity contribution in [3.8, 4) is 0 Å². The monoisotopic (exact) mass is 366 g/mol. The Kier molecular flexibility index (Phi) is 4.07. The molecule has 5 rings (SSSR count). The minimum Gasteiger partial charge on any atom is -0.384 e. The normalized spacial score (nSPS) is 19.0. The summed E-state index contributed by atoms with van der Waals surface area (Å²) in [4.78, 5) is 0. The first-order chi connectivity index (χ1) is 13.8. The van der Waals surface area contributed by atoms with E-state index in [1.54, 1.807) is 11.2 Å². The fourth-order valence-corrected chi connectivity index (χ4v) is 3.69. The Morgan fingerprint density at radius 2 is 1.46 bits per heavy atom. The van der Waals surface area contributed by atoms with Gasteiger partial charge in [-0.05, 0) is 5.56 Å². The summed E-state index contributed by atoms with van der Waals surface area (Å²) in [7, 11) is 0. The number of rotatable bonds is 3. The lowest BCUT2D eigenvalue weighted by Gasteiger charge is -2.25. The van der Waals surface area contributed by atoms with Crippen molar-refractivity contribution in [2.75, 3.05) is 5.01 Å². The van der Waals surface area contributed by atoms with E-state index in [0.29, 0.717) is 11.5 Å². The number of hydrogen-bond donors (Lipinski definition) is 1. The van der Waals surface area contributed by atoms with Crippen molar-refractivity contribution in [2.45, 2.75) is 12.1 Å². The molecule has 136 valence electrons. The van der Waals surface area contributed by atoms with Crippen LogP contribution < -0.4 is 5.01 Å². The number of fused-ring (bicyclic) bond motifs is 1. The van der Waals surface area contributed by atoms with Crippen molar-refractivity contribution >= 4 is 22.3 Å². The third-order valence-electron chi connectivity index (χ3n) is 5.04. The number of hydrazone groups is 1. The van der Waals surface area contributed by atoms with Crippen LogP contribution in [0.4, 0.5) is 5.82 Å². The molecule has 1 aromatic heterocycles. The van der Waals surface area contributed by atoms with Gasteiger partial charge in [0, 0.05) is 16.3 Å². The van der Waals surface area contributed by atoms with Crippen LogP contribution in [0, 0.1) is 0 Å². The highest BCUT2D eigenvalue weighted by Crippen LogP contribution is 2.38. The Morgan fingerprint density at radius 3 is 2.25 bits per heavy atom. The molecule has 0 saturated heterocycles. The van der Waals surface area contributed by atoms with Gasteiger partial charge < -0.3 is 5.11 Å². The van der Waals surface area contributed by atoms with Gasteiger partial charge in [-0.2, -0.15) is 10.2 Å². The van der Waals surface area contributed by atoms with E-state index in [1.165, 1.54) is 0 Å². The van der Waals surface area contributed by atoms with Gasteiger partial charge >= 0.3 is 0 Å². The van der Waals surface area contributed by atoms with Crippen LogP contribution in [0.2, 0.25) is 0 Å². The average molecular weight is 366 g/mol. The zero-order chi connectivity index (χ0) is 18.9. The summed E-state index contributed by atoms with van der Waals surface area (Å²) < 4.78 is 0. The SMILES string of the molecule is OC1C(c2ccccc2)=NN(c2nncc3ccccc23)C1c1ccccc1. The second-order valence-electron chi connectivity index (χ2n) is 6.75. The average Bonchev–Trinajstić information content (AvgIpc) is 3.11. The summed E-state index contributed by atoms with van der Waals surface area (Å²) in [5.74, 6) is 0.636. The second kappa shape index (κ2) is 6.87. The van der Waals surface area contributed by atoms with Gasteiger partial charge in [0.05, 0.1) is 11.9 Å². The van der Waals surface area contributed by atoms with Gasteiger partial charge in [0.15, 0.2) is 5.82 Å². The highest BCUT2D eigenvalue weighted by molar-refractivity contribution is 6.07. The predicted molar refractivity (Wildman–Crippen MR) is 110 cm³/mol. The fourth-order valence-electron chi connectivity index (χ4n) is 3.69. The summed E-state index contributed by atoms with van der Waals surface area (Å²) in [5.41, 5.74) is 2.50. The number of aliphatic hydroxyl groups excluding tert-OH is 1. The summed E-state index contributed by atoms with van der Waals surface area (Å²) in [6.07, 6.45) is 0.954. The lowest BCUT2D eigenvalue weighted by molar-refractivity contribution is 0.217. The van der Waals surface area contributed by atoms with Crippen LogP contribution in [0.1, 0.15) is 17.2 Å². The third kappa shape index (κ3) is 2.73. The zero-order valence-electron chi connectivity index (χ0n) is 15.1. The molecule has 3 aromatic carbocycles. The number of anilines is 1. The van der Waals surface area contributed by atoms with Crippen LogP contribution in [0.3, 0.4) is 0 Å². The molecule has 2 atom stereocenters. The highest BCUT2D eigenvalue weighted by Gasteiger charge is 2.39. The molecule has 28 heavy (non-hydrogen) atoms. The van der Waals surface area contributed by atoms with Gasteiger partial charge in [-0.1, -0.05) is 84.9 Å². The van der Waals surface area contributed by atoms with E-state index >= 15 is 0 Å². The molecule has 0 spiro atoms. The number of hydrogen-bond acceptors (Lipinski definition) is 5. The summed E-state index contributed by atoms with van der Waals surface area (Å²) >= 11 is 0. The van der Waals surface area contributed by atoms with Crippen LogP contribution in [0.5, 0.6) is 0 Å². The summed E-state index contributed by atoms with van der Waals surface area (Å²) in [6.45, 7) is 0. The molecular formula is C23H18N4O. The van der Waals surface area contributed by atoms with Crippen LogP contribution in [-0.2, 0) is 0 Å². The van der Waals surface area contributed by atoms with E-state index in [4.69, 9.17) is 5.10 Å². The van der Waals surface area contributed by atoms with E-state index in [-0.39, 0.29) is 6.04 Å². The molecule has 1 aliphatic heterocycles. The van der Waals surface area contributed by atoms with Crippen molar-refractivity contribution in [1.82, 2.24) is 10.2 Å². The van der Waals surface area contributed by atoms with Crippen molar-refractivity contribution in [3.63, 3.8) is 0 Å². The van der Waals surface area contributed by atoms with Gasteiger partial charge in [0.1, 0.15) is 12.1 Å². The number of aliphatic hydroxyl groups is 1. The Bertz CT molecular complexity index is 1140. The van der Waals surface area contributed by atoms with E-state index in [2.05, 4.69) is 10.2 Å². The smallest absolute Gasteiger partial charge is 0.180 e. The molecule has 0 aliphatic carbocycles. The molecule has 5 nitrogen and oxygen atoms in total. The molecule has 2 unspecified atom stereocenters. The molecule has 5 heteroatoms. The Labute approximate surface area is 162 Å². The largest absolute Gasteiger partial charge is 0.384 e. The van der Waals surface area contributed by atoms with E-state index < -0.39 is 6.10 Å².